The SMILES string of the molecule is COc1ccc(N2C(=O)CCC2C(=O)Nc2ccccc2F)cc1. The molecular weight excluding hydrogens is 311 g/mol. The highest BCUT2D eigenvalue weighted by Gasteiger charge is 2.37. The summed E-state index contributed by atoms with van der Waals surface area (Å²) in [6, 6.07) is 12.2. The smallest absolute Gasteiger partial charge is 0.247 e. The van der Waals surface area contributed by atoms with Gasteiger partial charge >= 0.3 is 0 Å². The van der Waals surface area contributed by atoms with Gasteiger partial charge in [-0.05, 0) is 42.8 Å². The molecule has 0 radical (unpaired) electrons. The summed E-state index contributed by atoms with van der Waals surface area (Å²) in [5, 5.41) is 2.56. The lowest BCUT2D eigenvalue weighted by Gasteiger charge is -2.24. The van der Waals surface area contributed by atoms with Crippen molar-refractivity contribution in [2.45, 2.75) is 18.9 Å². The number of nitrogens with one attached hydrogen (secondary N) is 1. The molecule has 2 aromatic rings. The topological polar surface area (TPSA) is 58.6 Å². The molecule has 0 spiro atoms. The molecule has 0 bridgehead atoms. The lowest BCUT2D eigenvalue weighted by molar-refractivity contribution is -0.120. The van der Waals surface area contributed by atoms with Crippen molar-refractivity contribution in [1.29, 1.82) is 0 Å². The Morgan fingerprint density at radius 2 is 1.92 bits per heavy atom. The quantitative estimate of drug-likeness (QED) is 0.939. The molecule has 2 aromatic carbocycles. The normalized spacial score (nSPS) is 17.0. The monoisotopic (exact) mass is 328 g/mol. The number of para-hydroxylation sites is 1. The molecule has 0 aliphatic carbocycles. The molecule has 1 atom stereocenters. The summed E-state index contributed by atoms with van der Waals surface area (Å²) in [5.41, 5.74) is 0.725. The number of carbonyl (C=O) groups is 2. The van der Waals surface area contributed by atoms with Gasteiger partial charge < -0.3 is 10.1 Å². The summed E-state index contributed by atoms with van der Waals surface area (Å²) in [7, 11) is 1.56. The van der Waals surface area contributed by atoms with Crippen LogP contribution in [0.1, 0.15) is 12.8 Å². The minimum atomic E-state index is -0.662. The van der Waals surface area contributed by atoms with E-state index in [4.69, 9.17) is 4.74 Å². The summed E-state index contributed by atoms with van der Waals surface area (Å²) in [4.78, 5) is 26.2. The van der Waals surface area contributed by atoms with Crippen molar-refractivity contribution in [3.05, 3.63) is 54.3 Å². The molecule has 1 aliphatic heterocycles. The van der Waals surface area contributed by atoms with Crippen LogP contribution in [0.2, 0.25) is 0 Å². The van der Waals surface area contributed by atoms with Crippen molar-refractivity contribution in [2.24, 2.45) is 0 Å². The van der Waals surface area contributed by atoms with Gasteiger partial charge in [0, 0.05) is 12.1 Å². The number of anilines is 2. The van der Waals surface area contributed by atoms with Crippen molar-refractivity contribution >= 4 is 23.2 Å². The second kappa shape index (κ2) is 6.70. The Morgan fingerprint density at radius 3 is 2.58 bits per heavy atom. The van der Waals surface area contributed by atoms with Crippen molar-refractivity contribution in [1.82, 2.24) is 0 Å². The number of amides is 2. The van der Waals surface area contributed by atoms with E-state index in [1.54, 1.807) is 43.5 Å². The van der Waals surface area contributed by atoms with Gasteiger partial charge in [-0.1, -0.05) is 12.1 Å². The number of nitrogens with zero attached hydrogens (tertiary/aromatic N) is 1. The zero-order chi connectivity index (χ0) is 17.1. The predicted molar refractivity (Wildman–Crippen MR) is 88.5 cm³/mol. The van der Waals surface area contributed by atoms with E-state index in [1.807, 2.05) is 0 Å². The first-order valence-corrected chi connectivity index (χ1v) is 7.61. The molecule has 1 unspecified atom stereocenters. The maximum absolute atomic E-state index is 13.7. The van der Waals surface area contributed by atoms with Crippen molar-refractivity contribution < 1.29 is 18.7 Å². The Morgan fingerprint density at radius 1 is 1.21 bits per heavy atom. The Hall–Kier alpha value is -2.89. The third-order valence-corrected chi connectivity index (χ3v) is 4.00. The number of rotatable bonds is 4. The highest BCUT2D eigenvalue weighted by Crippen LogP contribution is 2.29. The average Bonchev–Trinajstić information content (AvgIpc) is 2.99. The van der Waals surface area contributed by atoms with Crippen LogP contribution in [0, 0.1) is 5.82 Å². The summed E-state index contributed by atoms with van der Waals surface area (Å²) in [6.45, 7) is 0. The second-order valence-corrected chi connectivity index (χ2v) is 5.49. The van der Waals surface area contributed by atoms with E-state index in [2.05, 4.69) is 5.32 Å². The van der Waals surface area contributed by atoms with Crippen molar-refractivity contribution in [3.63, 3.8) is 0 Å². The summed E-state index contributed by atoms with van der Waals surface area (Å²) in [5.74, 6) is -0.375. The van der Waals surface area contributed by atoms with Gasteiger partial charge in [-0.2, -0.15) is 0 Å². The van der Waals surface area contributed by atoms with E-state index in [9.17, 15) is 14.0 Å². The molecule has 3 rings (SSSR count). The van der Waals surface area contributed by atoms with Gasteiger partial charge in [-0.3, -0.25) is 14.5 Å². The van der Waals surface area contributed by atoms with E-state index in [0.717, 1.165) is 0 Å². The number of carbonyl (C=O) groups excluding carboxylic acids is 2. The largest absolute Gasteiger partial charge is 0.497 e. The molecular formula is C18H17FN2O3. The highest BCUT2D eigenvalue weighted by atomic mass is 19.1. The lowest BCUT2D eigenvalue weighted by Crippen LogP contribution is -2.41. The van der Waals surface area contributed by atoms with E-state index >= 15 is 0 Å². The zero-order valence-corrected chi connectivity index (χ0v) is 13.2. The zero-order valence-electron chi connectivity index (χ0n) is 13.2. The van der Waals surface area contributed by atoms with Crippen molar-refractivity contribution in [2.75, 3.05) is 17.3 Å². The Kier molecular flexibility index (Phi) is 4.46. The molecule has 5 nitrogen and oxygen atoms in total. The number of benzene rings is 2. The van der Waals surface area contributed by atoms with E-state index in [0.29, 0.717) is 17.9 Å². The average molecular weight is 328 g/mol. The van der Waals surface area contributed by atoms with Gasteiger partial charge in [0.05, 0.1) is 12.8 Å². The van der Waals surface area contributed by atoms with Gasteiger partial charge in [0.25, 0.3) is 0 Å². The fraction of sp³-hybridized carbons (Fsp3) is 0.222. The Bertz CT molecular complexity index is 761. The first-order chi connectivity index (χ1) is 11.6. The fourth-order valence-electron chi connectivity index (χ4n) is 2.78. The van der Waals surface area contributed by atoms with Gasteiger partial charge in [-0.15, -0.1) is 0 Å². The molecule has 1 N–H and O–H groups in total. The molecule has 24 heavy (non-hydrogen) atoms. The first-order valence-electron chi connectivity index (χ1n) is 7.61. The van der Waals surface area contributed by atoms with Crippen LogP contribution in [-0.4, -0.2) is 25.0 Å². The van der Waals surface area contributed by atoms with Crippen LogP contribution in [-0.2, 0) is 9.59 Å². The summed E-state index contributed by atoms with van der Waals surface area (Å²) >= 11 is 0. The highest BCUT2D eigenvalue weighted by molar-refractivity contribution is 6.07. The van der Waals surface area contributed by atoms with Crippen LogP contribution >= 0.6 is 0 Å². The van der Waals surface area contributed by atoms with Crippen LogP contribution in [0.15, 0.2) is 48.5 Å². The molecule has 1 fully saturated rings. The minimum Gasteiger partial charge on any atom is -0.497 e. The molecule has 6 heteroatoms. The maximum Gasteiger partial charge on any atom is 0.247 e. The minimum absolute atomic E-state index is 0.108. The van der Waals surface area contributed by atoms with Gasteiger partial charge in [0.1, 0.15) is 17.6 Å². The van der Waals surface area contributed by atoms with E-state index in [-0.39, 0.29) is 18.0 Å². The number of hydrogen-bond acceptors (Lipinski definition) is 3. The number of hydrogen-bond donors (Lipinski definition) is 1. The van der Waals surface area contributed by atoms with Gasteiger partial charge in [0.15, 0.2) is 0 Å². The molecule has 0 aromatic heterocycles. The molecule has 124 valence electrons. The standard InChI is InChI=1S/C18H17FN2O3/c1-24-13-8-6-12(7-9-13)21-16(10-11-17(21)22)18(23)20-15-5-3-2-4-14(15)19/h2-9,16H,10-11H2,1H3,(H,20,23). The number of ether oxygens (including phenoxy) is 1. The Labute approximate surface area is 139 Å². The van der Waals surface area contributed by atoms with Crippen LogP contribution in [0.3, 0.4) is 0 Å². The van der Waals surface area contributed by atoms with Gasteiger partial charge in [-0.25, -0.2) is 4.39 Å². The predicted octanol–water partition coefficient (Wildman–Crippen LogP) is 2.97. The van der Waals surface area contributed by atoms with Crippen molar-refractivity contribution in [3.8, 4) is 5.75 Å². The fourth-order valence-corrected chi connectivity index (χ4v) is 2.78. The third-order valence-electron chi connectivity index (χ3n) is 4.00. The number of halogens is 1. The lowest BCUT2D eigenvalue weighted by atomic mass is 10.1. The Balaban J connectivity index is 1.81. The molecule has 1 saturated heterocycles. The molecule has 0 saturated carbocycles. The van der Waals surface area contributed by atoms with Crippen LogP contribution in [0.5, 0.6) is 5.75 Å². The molecule has 2 amide bonds. The van der Waals surface area contributed by atoms with Crippen LogP contribution < -0.4 is 15.0 Å². The molecule has 1 aliphatic rings. The van der Waals surface area contributed by atoms with E-state index in [1.165, 1.54) is 17.0 Å². The maximum atomic E-state index is 13.7. The van der Waals surface area contributed by atoms with Crippen LogP contribution in [0.25, 0.3) is 0 Å². The van der Waals surface area contributed by atoms with E-state index < -0.39 is 17.8 Å². The first kappa shape index (κ1) is 16.0. The summed E-state index contributed by atoms with van der Waals surface area (Å²) in [6.07, 6.45) is 0.673. The second-order valence-electron chi connectivity index (χ2n) is 5.49. The number of methoxy groups -OCH3 is 1. The molecule has 1 heterocycles. The van der Waals surface area contributed by atoms with Crippen LogP contribution in [0.4, 0.5) is 15.8 Å². The summed E-state index contributed by atoms with van der Waals surface area (Å²) < 4.78 is 18.8. The third kappa shape index (κ3) is 3.08. The van der Waals surface area contributed by atoms with Gasteiger partial charge in [0.2, 0.25) is 11.8 Å².